The Bertz CT molecular complexity index is 1630. The summed E-state index contributed by atoms with van der Waals surface area (Å²) in [5.41, 5.74) is 6.25. The molecule has 0 aromatic carbocycles. The summed E-state index contributed by atoms with van der Waals surface area (Å²) in [5.74, 6) is -1.09. The first-order valence-corrected chi connectivity index (χ1v) is 30.0. The van der Waals surface area contributed by atoms with Gasteiger partial charge in [0.15, 0.2) is 18.3 Å². The molecule has 0 bridgehead atoms. The van der Waals surface area contributed by atoms with Crippen LogP contribution in [0, 0.1) is 0 Å². The molecule has 12 atom stereocenters. The molecule has 0 spiro atoms. The van der Waals surface area contributed by atoms with Gasteiger partial charge < -0.3 is 70.5 Å². The number of esters is 2. The Kier molecular flexibility index (Phi) is 36.1. The fourth-order valence-electron chi connectivity index (χ4n) is 9.41. The van der Waals surface area contributed by atoms with Gasteiger partial charge in [0.2, 0.25) is 5.91 Å². The highest BCUT2D eigenvalue weighted by Gasteiger charge is 2.51. The summed E-state index contributed by atoms with van der Waals surface area (Å²) < 4.78 is 29.2. The van der Waals surface area contributed by atoms with Gasteiger partial charge in [-0.1, -0.05) is 186 Å². The van der Waals surface area contributed by atoms with E-state index >= 15 is 0 Å². The van der Waals surface area contributed by atoms with Crippen LogP contribution in [0.2, 0.25) is 0 Å². The molecule has 10 N–H and O–H groups in total. The number of unbranched alkanes of at least 4 members (excludes halogenated alkanes) is 26. The van der Waals surface area contributed by atoms with Crippen LogP contribution in [-0.4, -0.2) is 167 Å². The van der Waals surface area contributed by atoms with E-state index in [0.29, 0.717) is 6.42 Å². The Balaban J connectivity index is 1.43. The lowest BCUT2D eigenvalue weighted by Gasteiger charge is -2.45. The van der Waals surface area contributed by atoms with Crippen molar-refractivity contribution >= 4 is 35.4 Å². The maximum absolute atomic E-state index is 13.2. The molecule has 436 valence electrons. The minimum absolute atomic E-state index is 0.0769. The van der Waals surface area contributed by atoms with E-state index in [0.717, 1.165) is 49.6 Å². The Labute approximate surface area is 451 Å². The van der Waals surface area contributed by atoms with Crippen LogP contribution in [-0.2, 0) is 38.1 Å². The highest BCUT2D eigenvalue weighted by molar-refractivity contribution is 7.99. The van der Waals surface area contributed by atoms with Gasteiger partial charge in [-0.15, -0.1) is 5.10 Å². The molecule has 20 nitrogen and oxygen atoms in total. The second-order valence-corrected chi connectivity index (χ2v) is 21.8. The molecule has 3 rings (SSSR count). The number of aromatic nitrogens is 3. The number of nitrogens with one attached hydrogen (secondary N) is 1. The van der Waals surface area contributed by atoms with Gasteiger partial charge in [0.25, 0.3) is 0 Å². The van der Waals surface area contributed by atoms with Crippen molar-refractivity contribution in [1.29, 1.82) is 0 Å². The number of carbonyl (C=O) groups is 3. The largest absolute Gasteiger partial charge is 0.462 e. The molecule has 75 heavy (non-hydrogen) atoms. The van der Waals surface area contributed by atoms with Gasteiger partial charge in [-0.25, -0.2) is 4.68 Å². The number of thioether (sulfide) groups is 1. The molecule has 21 heteroatoms. The maximum atomic E-state index is 13.2. The number of aliphatic hydroxyl groups excluding tert-OH is 7. The Morgan fingerprint density at radius 2 is 1.11 bits per heavy atom. The van der Waals surface area contributed by atoms with Gasteiger partial charge in [-0.05, 0) is 12.8 Å². The number of nitrogens with two attached hydrogens (primary N) is 1. The number of hydrogen-bond donors (Lipinski definition) is 9. The summed E-state index contributed by atoms with van der Waals surface area (Å²) in [4.78, 5) is 39.0. The molecular formula is C54H99N5O15S. The van der Waals surface area contributed by atoms with E-state index in [-0.39, 0.29) is 48.7 Å². The molecule has 1 amide bonds. The first-order chi connectivity index (χ1) is 36.3. The predicted molar refractivity (Wildman–Crippen MR) is 286 cm³/mol. The van der Waals surface area contributed by atoms with Crippen LogP contribution in [0.15, 0.2) is 6.20 Å². The zero-order valence-corrected chi connectivity index (χ0v) is 46.3. The van der Waals surface area contributed by atoms with E-state index in [2.05, 4.69) is 29.5 Å². The summed E-state index contributed by atoms with van der Waals surface area (Å²) in [7, 11) is 0. The van der Waals surface area contributed by atoms with Crippen LogP contribution in [0.4, 0.5) is 5.82 Å². The van der Waals surface area contributed by atoms with Crippen LogP contribution in [0.3, 0.4) is 0 Å². The number of nitrogens with zero attached hydrogens (tertiary/aromatic N) is 3. The van der Waals surface area contributed by atoms with E-state index < -0.39 is 92.6 Å². The number of ether oxygens (including phenoxy) is 5. The third-order valence-corrected chi connectivity index (χ3v) is 15.3. The molecular weight excluding hydrogens is 991 g/mol. The van der Waals surface area contributed by atoms with Crippen LogP contribution in [0.1, 0.15) is 213 Å². The number of hydrogen-bond acceptors (Lipinski definition) is 19. The minimum atomic E-state index is -1.82. The topological polar surface area (TPSA) is 308 Å². The van der Waals surface area contributed by atoms with E-state index in [1.54, 1.807) is 0 Å². The molecule has 1 aromatic rings. The lowest BCUT2D eigenvalue weighted by molar-refractivity contribution is -0.347. The van der Waals surface area contributed by atoms with Gasteiger partial charge in [0, 0.05) is 24.3 Å². The number of aliphatic hydroxyl groups is 7. The quantitative estimate of drug-likeness (QED) is 0.0257. The molecule has 3 heterocycles. The Morgan fingerprint density at radius 3 is 1.60 bits per heavy atom. The van der Waals surface area contributed by atoms with Crippen molar-refractivity contribution in [1.82, 2.24) is 15.0 Å². The average Bonchev–Trinajstić information content (AvgIpc) is 3.87. The number of rotatable bonds is 44. The number of anilines is 1. The Morgan fingerprint density at radius 1 is 0.627 bits per heavy atom. The highest BCUT2D eigenvalue weighted by atomic mass is 32.2. The molecule has 1 aromatic heterocycles. The normalized spacial score (nSPS) is 24.7. The molecule has 2 saturated heterocycles. The molecule has 0 saturated carbocycles. The predicted octanol–water partition coefficient (Wildman–Crippen LogP) is 6.27. The van der Waals surface area contributed by atoms with Crippen LogP contribution in [0.5, 0.6) is 0 Å². The zero-order valence-electron chi connectivity index (χ0n) is 45.5. The van der Waals surface area contributed by atoms with E-state index in [4.69, 9.17) is 29.4 Å². The second kappa shape index (κ2) is 40.6. The van der Waals surface area contributed by atoms with Crippen molar-refractivity contribution in [2.24, 2.45) is 5.73 Å². The maximum Gasteiger partial charge on any atom is 0.306 e. The summed E-state index contributed by atoms with van der Waals surface area (Å²) >= 11 is 1.26. The fourth-order valence-corrected chi connectivity index (χ4v) is 10.4. The van der Waals surface area contributed by atoms with E-state index in [9.17, 15) is 50.1 Å². The van der Waals surface area contributed by atoms with Crippen molar-refractivity contribution in [3.63, 3.8) is 0 Å². The number of carbonyl (C=O) groups excluding carboxylic acids is 3. The monoisotopic (exact) mass is 1090 g/mol. The first-order valence-electron chi connectivity index (χ1n) is 28.8. The van der Waals surface area contributed by atoms with E-state index in [1.165, 1.54) is 146 Å². The summed E-state index contributed by atoms with van der Waals surface area (Å²) in [5, 5.41) is 82.8. The summed E-state index contributed by atoms with van der Waals surface area (Å²) in [6, 6.07) is -1.06. The van der Waals surface area contributed by atoms with Gasteiger partial charge in [-0.3, -0.25) is 14.4 Å². The van der Waals surface area contributed by atoms with Gasteiger partial charge in [0.05, 0.1) is 25.5 Å². The molecule has 9 unspecified atom stereocenters. The first kappa shape index (κ1) is 66.7. The van der Waals surface area contributed by atoms with Gasteiger partial charge >= 0.3 is 11.9 Å². The van der Waals surface area contributed by atoms with Crippen LogP contribution in [0.25, 0.3) is 0 Å². The minimum Gasteiger partial charge on any atom is -0.462 e. The average molecular weight is 1090 g/mol. The third-order valence-electron chi connectivity index (χ3n) is 14.1. The van der Waals surface area contributed by atoms with Crippen molar-refractivity contribution in [2.45, 2.75) is 280 Å². The third kappa shape index (κ3) is 26.8. The van der Waals surface area contributed by atoms with Crippen molar-refractivity contribution < 1.29 is 73.8 Å². The Hall–Kier alpha value is -2.54. The van der Waals surface area contributed by atoms with Crippen molar-refractivity contribution in [3.8, 4) is 0 Å². The second-order valence-electron chi connectivity index (χ2n) is 20.7. The van der Waals surface area contributed by atoms with Crippen molar-refractivity contribution in [2.75, 3.05) is 36.6 Å². The van der Waals surface area contributed by atoms with Crippen LogP contribution >= 0.6 is 11.8 Å². The number of amides is 1. The summed E-state index contributed by atoms with van der Waals surface area (Å²) in [6.07, 6.45) is 18.8. The van der Waals surface area contributed by atoms with Crippen LogP contribution < -0.4 is 11.1 Å². The SMILES string of the molecule is CCCCCCCCCCCCCCCCC(=O)OC[C@H](CSC[C@@H](N)C(=O)Nc1cn([C@@H]2OC(CO)C(OC3OC(CO)C(O)C(O)C3O)C(O)C2O)nn1)OC(=O)CCCCCCCCCCCCCCCC. The lowest BCUT2D eigenvalue weighted by atomic mass is 9.96. The molecule has 2 fully saturated rings. The molecule has 2 aliphatic rings. The van der Waals surface area contributed by atoms with Gasteiger partial charge in [-0.2, -0.15) is 11.8 Å². The lowest BCUT2D eigenvalue weighted by Crippen LogP contribution is -2.63. The zero-order chi connectivity index (χ0) is 54.6. The molecule has 2 aliphatic heterocycles. The molecule has 0 aliphatic carbocycles. The van der Waals surface area contributed by atoms with Gasteiger partial charge in [0.1, 0.15) is 61.5 Å². The standard InChI is InChI=1S/C54H99N5O15S/c1-3-5-7-9-11-13-15-17-19-21-23-25-27-29-31-44(62)70-36-39(71-45(63)32-30-28-26-24-22-20-18-16-14-12-10-8-6-4-2)37-75-38-40(55)52(69)56-43-33-59(58-57-43)53-49(67)48(66)51(42(35-61)72-53)74-54-50(68)47(65)46(64)41(34-60)73-54/h33,39-42,46-51,53-54,60-61,64-68H,3-32,34-38,55H2,1-2H3,(H,56,69)/t39-,40-,41?,42?,46?,47?,48?,49?,50?,51?,53-,54?/m1/s1. The fraction of sp³-hybridized carbons (Fsp3) is 0.907. The highest BCUT2D eigenvalue weighted by Crippen LogP contribution is 2.33. The van der Waals surface area contributed by atoms with Crippen molar-refractivity contribution in [3.05, 3.63) is 6.20 Å². The van der Waals surface area contributed by atoms with E-state index in [1.807, 2.05) is 0 Å². The smallest absolute Gasteiger partial charge is 0.306 e. The summed E-state index contributed by atoms with van der Waals surface area (Å²) in [6.45, 7) is 2.89. The molecule has 0 radical (unpaired) electrons.